The lowest BCUT2D eigenvalue weighted by Crippen LogP contribution is -2.49. The minimum Gasteiger partial charge on any atom is -0.494 e. The molecule has 4 rings (SSSR count). The van der Waals surface area contributed by atoms with Gasteiger partial charge in [-0.3, -0.25) is 9.59 Å². The number of nitrogens with zero attached hydrogens (tertiary/aromatic N) is 4. The second kappa shape index (κ2) is 8.82. The number of ether oxygens (including phenoxy) is 1. The summed E-state index contributed by atoms with van der Waals surface area (Å²) in [4.78, 5) is 29.0. The highest BCUT2D eigenvalue weighted by Crippen LogP contribution is 2.17. The first-order valence-electron chi connectivity index (χ1n) is 10.1. The number of piperazine rings is 1. The lowest BCUT2D eigenvalue weighted by atomic mass is 10.1. The first-order chi connectivity index (χ1) is 14.7. The van der Waals surface area contributed by atoms with Crippen LogP contribution in [0.5, 0.6) is 5.75 Å². The van der Waals surface area contributed by atoms with Gasteiger partial charge in [-0.05, 0) is 49.4 Å². The molecule has 154 valence electrons. The molecule has 1 aliphatic heterocycles. The highest BCUT2D eigenvalue weighted by atomic mass is 16.5. The molecule has 2 aromatic carbocycles. The van der Waals surface area contributed by atoms with Gasteiger partial charge in [0.1, 0.15) is 11.6 Å². The smallest absolute Gasteiger partial charge is 0.271 e. The van der Waals surface area contributed by atoms with Crippen LogP contribution in [0.1, 0.15) is 17.3 Å². The fourth-order valence-corrected chi connectivity index (χ4v) is 3.51. The molecule has 1 aromatic heterocycles. The maximum atomic E-state index is 12.8. The van der Waals surface area contributed by atoms with Crippen molar-refractivity contribution < 1.29 is 9.53 Å². The molecule has 3 aromatic rings. The average Bonchev–Trinajstić information content (AvgIpc) is 2.80. The molecule has 0 atom stereocenters. The van der Waals surface area contributed by atoms with Crippen LogP contribution in [0.4, 0.5) is 5.82 Å². The van der Waals surface area contributed by atoms with E-state index in [1.165, 1.54) is 10.7 Å². The fraction of sp³-hybridized carbons (Fsp3) is 0.261. The molecule has 1 saturated heterocycles. The van der Waals surface area contributed by atoms with Crippen molar-refractivity contribution in [1.29, 1.82) is 0 Å². The van der Waals surface area contributed by atoms with E-state index in [0.29, 0.717) is 38.3 Å². The van der Waals surface area contributed by atoms with Gasteiger partial charge in [0, 0.05) is 37.8 Å². The van der Waals surface area contributed by atoms with Gasteiger partial charge in [0.15, 0.2) is 0 Å². The fourth-order valence-electron chi connectivity index (χ4n) is 3.51. The Kier molecular flexibility index (Phi) is 5.79. The van der Waals surface area contributed by atoms with Gasteiger partial charge in [-0.2, -0.15) is 4.68 Å². The summed E-state index contributed by atoms with van der Waals surface area (Å²) in [6.45, 7) is 5.03. The van der Waals surface area contributed by atoms with E-state index < -0.39 is 0 Å². The highest BCUT2D eigenvalue weighted by molar-refractivity contribution is 5.94. The lowest BCUT2D eigenvalue weighted by molar-refractivity contribution is 0.0746. The van der Waals surface area contributed by atoms with Gasteiger partial charge >= 0.3 is 0 Å². The molecule has 7 nitrogen and oxygen atoms in total. The van der Waals surface area contributed by atoms with Crippen LogP contribution in [0.15, 0.2) is 71.5 Å². The average molecular weight is 404 g/mol. The maximum absolute atomic E-state index is 12.8. The summed E-state index contributed by atoms with van der Waals surface area (Å²) < 4.78 is 6.85. The molecule has 1 aliphatic rings. The molecule has 0 bridgehead atoms. The normalized spacial score (nSPS) is 13.9. The van der Waals surface area contributed by atoms with E-state index in [-0.39, 0.29) is 11.5 Å². The van der Waals surface area contributed by atoms with Crippen LogP contribution in [0.2, 0.25) is 0 Å². The minimum atomic E-state index is -0.172. The topological polar surface area (TPSA) is 67.7 Å². The molecule has 0 saturated carbocycles. The van der Waals surface area contributed by atoms with Crippen LogP contribution in [0.3, 0.4) is 0 Å². The Morgan fingerprint density at radius 2 is 1.63 bits per heavy atom. The van der Waals surface area contributed by atoms with E-state index in [4.69, 9.17) is 4.74 Å². The summed E-state index contributed by atoms with van der Waals surface area (Å²) >= 11 is 0. The zero-order valence-electron chi connectivity index (χ0n) is 16.9. The molecule has 0 N–H and O–H groups in total. The molecule has 0 radical (unpaired) electrons. The van der Waals surface area contributed by atoms with Gasteiger partial charge in [-0.25, -0.2) is 0 Å². The summed E-state index contributed by atoms with van der Waals surface area (Å²) in [5, 5.41) is 4.53. The van der Waals surface area contributed by atoms with Crippen LogP contribution < -0.4 is 15.2 Å². The van der Waals surface area contributed by atoms with Crippen LogP contribution >= 0.6 is 0 Å². The van der Waals surface area contributed by atoms with Crippen LogP contribution in [0.25, 0.3) is 5.69 Å². The predicted molar refractivity (Wildman–Crippen MR) is 116 cm³/mol. The van der Waals surface area contributed by atoms with Crippen LogP contribution in [-0.4, -0.2) is 53.4 Å². The molecule has 1 amide bonds. The number of para-hydroxylation sites is 1. The summed E-state index contributed by atoms with van der Waals surface area (Å²) in [7, 11) is 0. The molecular formula is C23H24N4O3. The Bertz CT molecular complexity index is 1060. The Hall–Kier alpha value is -3.61. The van der Waals surface area contributed by atoms with Crippen molar-refractivity contribution in [3.63, 3.8) is 0 Å². The monoisotopic (exact) mass is 404 g/mol. The van der Waals surface area contributed by atoms with Crippen LogP contribution in [0, 0.1) is 0 Å². The third-order valence-electron chi connectivity index (χ3n) is 5.09. The molecular weight excluding hydrogens is 380 g/mol. The molecule has 0 unspecified atom stereocenters. The number of hydrogen-bond acceptors (Lipinski definition) is 5. The zero-order chi connectivity index (χ0) is 20.9. The quantitative estimate of drug-likeness (QED) is 0.654. The van der Waals surface area contributed by atoms with Gasteiger partial charge in [-0.1, -0.05) is 18.2 Å². The zero-order valence-corrected chi connectivity index (χ0v) is 16.9. The number of amides is 1. The number of carbonyl (C=O) groups is 1. The van der Waals surface area contributed by atoms with Crippen molar-refractivity contribution in [3.8, 4) is 11.4 Å². The second-order valence-electron chi connectivity index (χ2n) is 7.01. The molecule has 30 heavy (non-hydrogen) atoms. The number of carbonyl (C=O) groups excluding carboxylic acids is 1. The summed E-state index contributed by atoms with van der Waals surface area (Å²) in [6, 6.07) is 19.9. The first-order valence-corrected chi connectivity index (χ1v) is 10.1. The molecule has 1 fully saturated rings. The van der Waals surface area contributed by atoms with Crippen molar-refractivity contribution in [1.82, 2.24) is 14.7 Å². The second-order valence-corrected chi connectivity index (χ2v) is 7.01. The third kappa shape index (κ3) is 4.20. The Balaban J connectivity index is 1.43. The van der Waals surface area contributed by atoms with Crippen molar-refractivity contribution in [2.45, 2.75) is 6.92 Å². The maximum Gasteiger partial charge on any atom is 0.271 e. The largest absolute Gasteiger partial charge is 0.494 e. The molecule has 0 aliphatic carbocycles. The Morgan fingerprint density at radius 3 is 2.30 bits per heavy atom. The van der Waals surface area contributed by atoms with Gasteiger partial charge in [0.2, 0.25) is 0 Å². The van der Waals surface area contributed by atoms with Gasteiger partial charge < -0.3 is 14.5 Å². The van der Waals surface area contributed by atoms with E-state index in [1.807, 2.05) is 54.3 Å². The minimum absolute atomic E-state index is 0.0138. The van der Waals surface area contributed by atoms with E-state index in [1.54, 1.807) is 18.2 Å². The van der Waals surface area contributed by atoms with E-state index in [2.05, 4.69) is 10.00 Å². The Labute approximate surface area is 175 Å². The molecule has 2 heterocycles. The van der Waals surface area contributed by atoms with Crippen molar-refractivity contribution in [2.24, 2.45) is 0 Å². The summed E-state index contributed by atoms with van der Waals surface area (Å²) in [6.07, 6.45) is 0. The number of hydrogen-bond donors (Lipinski definition) is 0. The summed E-state index contributed by atoms with van der Waals surface area (Å²) in [5.41, 5.74) is 1.21. The van der Waals surface area contributed by atoms with Crippen molar-refractivity contribution >= 4 is 11.7 Å². The summed E-state index contributed by atoms with van der Waals surface area (Å²) in [5.74, 6) is 1.50. The van der Waals surface area contributed by atoms with Gasteiger partial charge in [0.05, 0.1) is 12.3 Å². The molecule has 0 spiro atoms. The van der Waals surface area contributed by atoms with Gasteiger partial charge in [-0.15, -0.1) is 5.10 Å². The number of rotatable bonds is 5. The van der Waals surface area contributed by atoms with E-state index in [9.17, 15) is 9.59 Å². The standard InChI is InChI=1S/C23H24N4O3/c1-2-30-20-10-8-18(9-11-20)23(29)26-16-14-25(15-17-26)21-12-13-22(28)27(24-21)19-6-4-3-5-7-19/h3-13H,2,14-17H2,1H3. The van der Waals surface area contributed by atoms with Crippen LogP contribution in [-0.2, 0) is 0 Å². The molecule has 7 heteroatoms. The predicted octanol–water partition coefficient (Wildman–Crippen LogP) is 2.59. The van der Waals surface area contributed by atoms with Crippen molar-refractivity contribution in [3.05, 3.63) is 82.6 Å². The lowest BCUT2D eigenvalue weighted by Gasteiger charge is -2.35. The van der Waals surface area contributed by atoms with Crippen molar-refractivity contribution in [2.75, 3.05) is 37.7 Å². The van der Waals surface area contributed by atoms with Gasteiger partial charge in [0.25, 0.3) is 11.5 Å². The number of benzene rings is 2. The number of anilines is 1. The van der Waals surface area contributed by atoms with E-state index >= 15 is 0 Å². The SMILES string of the molecule is CCOc1ccc(C(=O)N2CCN(c3ccc(=O)n(-c4ccccc4)n3)CC2)cc1. The van der Waals surface area contributed by atoms with E-state index in [0.717, 1.165) is 17.3 Å². The number of aromatic nitrogens is 2. The highest BCUT2D eigenvalue weighted by Gasteiger charge is 2.23. The Morgan fingerprint density at radius 1 is 0.933 bits per heavy atom. The third-order valence-corrected chi connectivity index (χ3v) is 5.09. The first kappa shape index (κ1) is 19.7.